The summed E-state index contributed by atoms with van der Waals surface area (Å²) in [5.74, 6) is 0.951. The van der Waals surface area contributed by atoms with Gasteiger partial charge < -0.3 is 10.8 Å². The molecule has 18 heavy (non-hydrogen) atoms. The van der Waals surface area contributed by atoms with E-state index in [0.29, 0.717) is 11.7 Å². The minimum absolute atomic E-state index is 0.0479. The van der Waals surface area contributed by atoms with Gasteiger partial charge in [0.1, 0.15) is 5.75 Å². The Kier molecular flexibility index (Phi) is 4.44. The topological polar surface area (TPSA) is 46.2 Å². The van der Waals surface area contributed by atoms with Crippen LogP contribution in [0.2, 0.25) is 0 Å². The zero-order valence-electron chi connectivity index (χ0n) is 12.5. The molecule has 2 nitrogen and oxygen atoms in total. The number of aryl methyl sites for hydroxylation is 1. The fourth-order valence-electron chi connectivity index (χ4n) is 2.34. The summed E-state index contributed by atoms with van der Waals surface area (Å²) in [6.45, 7) is 12.7. The molecule has 0 aliphatic heterocycles. The van der Waals surface area contributed by atoms with Gasteiger partial charge in [-0.25, -0.2) is 0 Å². The number of phenolic OH excluding ortho intramolecular Hbond substituents is 1. The molecule has 0 aliphatic carbocycles. The van der Waals surface area contributed by atoms with Gasteiger partial charge in [-0.2, -0.15) is 0 Å². The molecule has 1 aromatic rings. The molecule has 1 atom stereocenters. The Morgan fingerprint density at radius 2 is 1.78 bits per heavy atom. The number of hydrogen-bond donors (Lipinski definition) is 2. The van der Waals surface area contributed by atoms with E-state index in [1.807, 2.05) is 13.0 Å². The Morgan fingerprint density at radius 1 is 1.22 bits per heavy atom. The second-order valence-corrected chi connectivity index (χ2v) is 6.71. The standard InChI is InChI=1S/C16H27NO/c1-10(2)7-14(17)12-9-13(16(4,5)6)15(18)8-11(12)3/h8-10,14,18H,7,17H2,1-6H3. The molecule has 1 rings (SSSR count). The summed E-state index contributed by atoms with van der Waals surface area (Å²) in [5, 5.41) is 10.1. The van der Waals surface area contributed by atoms with Crippen molar-refractivity contribution in [3.05, 3.63) is 28.8 Å². The Balaban J connectivity index is 3.21. The Bertz CT molecular complexity index is 416. The summed E-state index contributed by atoms with van der Waals surface area (Å²) in [6, 6.07) is 3.97. The fraction of sp³-hybridized carbons (Fsp3) is 0.625. The van der Waals surface area contributed by atoms with Gasteiger partial charge in [-0.05, 0) is 53.5 Å². The predicted octanol–water partition coefficient (Wildman–Crippen LogP) is 4.04. The molecule has 0 aliphatic rings. The molecule has 1 aromatic carbocycles. The molecule has 102 valence electrons. The molecule has 0 fully saturated rings. The minimum Gasteiger partial charge on any atom is -0.508 e. The number of aromatic hydroxyl groups is 1. The molecule has 0 heterocycles. The SMILES string of the molecule is Cc1cc(O)c(C(C)(C)C)cc1C(N)CC(C)C. The van der Waals surface area contributed by atoms with Crippen LogP contribution in [0.4, 0.5) is 0 Å². The maximum absolute atomic E-state index is 10.1. The molecule has 1 unspecified atom stereocenters. The van der Waals surface area contributed by atoms with Crippen LogP contribution in [-0.2, 0) is 5.41 Å². The highest BCUT2D eigenvalue weighted by Crippen LogP contribution is 2.35. The predicted molar refractivity (Wildman–Crippen MR) is 77.9 cm³/mol. The van der Waals surface area contributed by atoms with Crippen molar-refractivity contribution in [3.8, 4) is 5.75 Å². The van der Waals surface area contributed by atoms with Gasteiger partial charge in [-0.15, -0.1) is 0 Å². The molecule has 0 saturated carbocycles. The van der Waals surface area contributed by atoms with E-state index < -0.39 is 0 Å². The zero-order chi connectivity index (χ0) is 14.1. The van der Waals surface area contributed by atoms with Gasteiger partial charge in [0.25, 0.3) is 0 Å². The summed E-state index contributed by atoms with van der Waals surface area (Å²) in [5.41, 5.74) is 9.42. The molecular weight excluding hydrogens is 222 g/mol. The Hall–Kier alpha value is -1.02. The first-order valence-corrected chi connectivity index (χ1v) is 6.72. The second-order valence-electron chi connectivity index (χ2n) is 6.71. The van der Waals surface area contributed by atoms with Crippen molar-refractivity contribution >= 4 is 0 Å². The molecule has 0 aromatic heterocycles. The zero-order valence-corrected chi connectivity index (χ0v) is 12.5. The molecule has 2 heteroatoms. The molecule has 0 saturated heterocycles. The third kappa shape index (κ3) is 3.49. The summed E-state index contributed by atoms with van der Waals surface area (Å²) < 4.78 is 0. The summed E-state index contributed by atoms with van der Waals surface area (Å²) in [4.78, 5) is 0. The number of phenols is 1. The quantitative estimate of drug-likeness (QED) is 0.849. The summed E-state index contributed by atoms with van der Waals surface area (Å²) in [6.07, 6.45) is 0.967. The Labute approximate surface area is 111 Å². The van der Waals surface area contributed by atoms with Gasteiger partial charge in [-0.3, -0.25) is 0 Å². The van der Waals surface area contributed by atoms with Gasteiger partial charge in [0.2, 0.25) is 0 Å². The van der Waals surface area contributed by atoms with Crippen molar-refractivity contribution in [2.45, 2.75) is 59.4 Å². The van der Waals surface area contributed by atoms with Crippen LogP contribution in [0.3, 0.4) is 0 Å². The van der Waals surface area contributed by atoms with E-state index in [4.69, 9.17) is 5.73 Å². The fourth-order valence-corrected chi connectivity index (χ4v) is 2.34. The van der Waals surface area contributed by atoms with Crippen LogP contribution in [0.1, 0.15) is 63.8 Å². The van der Waals surface area contributed by atoms with Crippen LogP contribution in [0.5, 0.6) is 5.75 Å². The third-order valence-corrected chi connectivity index (χ3v) is 3.32. The van der Waals surface area contributed by atoms with Gasteiger partial charge in [-0.1, -0.05) is 34.6 Å². The molecular formula is C16H27NO. The van der Waals surface area contributed by atoms with E-state index in [-0.39, 0.29) is 11.5 Å². The molecule has 0 bridgehead atoms. The molecule has 0 radical (unpaired) electrons. The van der Waals surface area contributed by atoms with Crippen LogP contribution in [0.15, 0.2) is 12.1 Å². The lowest BCUT2D eigenvalue weighted by molar-refractivity contribution is 0.444. The monoisotopic (exact) mass is 249 g/mol. The minimum atomic E-state index is -0.0654. The van der Waals surface area contributed by atoms with Gasteiger partial charge >= 0.3 is 0 Å². The normalized spacial score (nSPS) is 14.0. The van der Waals surface area contributed by atoms with Crippen LogP contribution in [0.25, 0.3) is 0 Å². The maximum atomic E-state index is 10.1. The van der Waals surface area contributed by atoms with Crippen molar-refractivity contribution < 1.29 is 5.11 Å². The van der Waals surface area contributed by atoms with Gasteiger partial charge in [0.05, 0.1) is 0 Å². The number of benzene rings is 1. The molecule has 0 amide bonds. The van der Waals surface area contributed by atoms with E-state index >= 15 is 0 Å². The first kappa shape index (κ1) is 15.0. The van der Waals surface area contributed by atoms with Crippen molar-refractivity contribution in [2.75, 3.05) is 0 Å². The first-order valence-electron chi connectivity index (χ1n) is 6.72. The molecule has 0 spiro atoms. The largest absolute Gasteiger partial charge is 0.508 e. The second kappa shape index (κ2) is 5.31. The molecule has 3 N–H and O–H groups in total. The number of hydrogen-bond acceptors (Lipinski definition) is 2. The summed E-state index contributed by atoms with van der Waals surface area (Å²) >= 11 is 0. The van der Waals surface area contributed by atoms with E-state index in [0.717, 1.165) is 23.1 Å². The lowest BCUT2D eigenvalue weighted by Gasteiger charge is -2.24. The first-order chi connectivity index (χ1) is 8.12. The maximum Gasteiger partial charge on any atom is 0.119 e. The third-order valence-electron chi connectivity index (χ3n) is 3.32. The number of nitrogens with two attached hydrogens (primary N) is 1. The highest BCUT2D eigenvalue weighted by atomic mass is 16.3. The van der Waals surface area contributed by atoms with Crippen molar-refractivity contribution in [3.63, 3.8) is 0 Å². The van der Waals surface area contributed by atoms with E-state index in [2.05, 4.69) is 40.7 Å². The van der Waals surface area contributed by atoms with Gasteiger partial charge in [0.15, 0.2) is 0 Å². The highest BCUT2D eigenvalue weighted by molar-refractivity contribution is 5.45. The van der Waals surface area contributed by atoms with Crippen molar-refractivity contribution in [1.29, 1.82) is 0 Å². The smallest absolute Gasteiger partial charge is 0.119 e. The van der Waals surface area contributed by atoms with E-state index in [9.17, 15) is 5.11 Å². The lowest BCUT2D eigenvalue weighted by atomic mass is 9.82. The average molecular weight is 249 g/mol. The van der Waals surface area contributed by atoms with Crippen LogP contribution < -0.4 is 5.73 Å². The van der Waals surface area contributed by atoms with Crippen LogP contribution in [-0.4, -0.2) is 5.11 Å². The van der Waals surface area contributed by atoms with E-state index in [1.165, 1.54) is 0 Å². The van der Waals surface area contributed by atoms with Gasteiger partial charge in [0, 0.05) is 6.04 Å². The highest BCUT2D eigenvalue weighted by Gasteiger charge is 2.21. The van der Waals surface area contributed by atoms with E-state index in [1.54, 1.807) is 0 Å². The van der Waals surface area contributed by atoms with Crippen LogP contribution in [0, 0.1) is 12.8 Å². The number of rotatable bonds is 3. The van der Waals surface area contributed by atoms with Crippen molar-refractivity contribution in [2.24, 2.45) is 11.7 Å². The average Bonchev–Trinajstić information content (AvgIpc) is 2.13. The van der Waals surface area contributed by atoms with Crippen LogP contribution >= 0.6 is 0 Å². The lowest BCUT2D eigenvalue weighted by Crippen LogP contribution is -2.17. The van der Waals surface area contributed by atoms with Crippen molar-refractivity contribution in [1.82, 2.24) is 0 Å². The summed E-state index contributed by atoms with van der Waals surface area (Å²) in [7, 11) is 0. The Morgan fingerprint density at radius 3 is 2.22 bits per heavy atom.